The maximum atomic E-state index is 13.3. The number of carbonyl (C=O) groups is 1. The van der Waals surface area contributed by atoms with Gasteiger partial charge >= 0.3 is 0 Å². The number of sulfone groups is 1. The largest absolute Gasteiger partial charge is 0.344 e. The standard InChI is InChI=1S/C23H22FN5O3S/c1-3-4-19(15-9-11-25-21(13-15)33(2,31)32)28-23(30)22-18-14-27-29(20(18)10-12-26-22)17-7-5-16(24)6-8-17/h5-14,19H,3-4H2,1-2H3,(H,28,30)/t19-/m0/s1. The average molecular weight is 468 g/mol. The molecule has 4 rings (SSSR count). The van der Waals surface area contributed by atoms with E-state index >= 15 is 0 Å². The zero-order valence-corrected chi connectivity index (χ0v) is 18.9. The number of hydrogen-bond donors (Lipinski definition) is 1. The molecular weight excluding hydrogens is 445 g/mol. The fourth-order valence-corrected chi connectivity index (χ4v) is 4.21. The van der Waals surface area contributed by atoms with E-state index in [9.17, 15) is 17.6 Å². The number of pyridine rings is 2. The smallest absolute Gasteiger partial charge is 0.271 e. The molecule has 170 valence electrons. The lowest BCUT2D eigenvalue weighted by atomic mass is 10.0. The van der Waals surface area contributed by atoms with Crippen LogP contribution in [0.4, 0.5) is 4.39 Å². The SMILES string of the molecule is CCC[C@H](NC(=O)c1nccc2c1cnn2-c1ccc(F)cc1)c1ccnc(S(C)(=O)=O)c1. The molecule has 0 radical (unpaired) electrons. The van der Waals surface area contributed by atoms with Gasteiger partial charge in [-0.25, -0.2) is 22.5 Å². The molecule has 0 bridgehead atoms. The third-order valence-corrected chi connectivity index (χ3v) is 6.19. The summed E-state index contributed by atoms with van der Waals surface area (Å²) in [6, 6.07) is 10.4. The molecule has 0 aliphatic carbocycles. The highest BCUT2D eigenvalue weighted by molar-refractivity contribution is 7.90. The van der Waals surface area contributed by atoms with E-state index in [1.807, 2.05) is 6.92 Å². The van der Waals surface area contributed by atoms with Crippen LogP contribution in [0.15, 0.2) is 66.1 Å². The number of aromatic nitrogens is 4. The van der Waals surface area contributed by atoms with E-state index in [1.165, 1.54) is 30.6 Å². The van der Waals surface area contributed by atoms with E-state index in [1.54, 1.807) is 35.1 Å². The molecule has 0 saturated heterocycles. The van der Waals surface area contributed by atoms with Gasteiger partial charge in [-0.1, -0.05) is 13.3 Å². The molecular formula is C23H22FN5O3S. The Balaban J connectivity index is 1.67. The molecule has 33 heavy (non-hydrogen) atoms. The molecule has 3 heterocycles. The zero-order chi connectivity index (χ0) is 23.6. The highest BCUT2D eigenvalue weighted by Gasteiger charge is 2.21. The lowest BCUT2D eigenvalue weighted by molar-refractivity contribution is 0.0931. The van der Waals surface area contributed by atoms with E-state index in [0.717, 1.165) is 12.7 Å². The van der Waals surface area contributed by atoms with Crippen LogP contribution in [0.2, 0.25) is 0 Å². The Morgan fingerprint density at radius 3 is 2.55 bits per heavy atom. The molecule has 0 saturated carbocycles. The quantitative estimate of drug-likeness (QED) is 0.445. The van der Waals surface area contributed by atoms with Crippen LogP contribution in [0, 0.1) is 5.82 Å². The maximum Gasteiger partial charge on any atom is 0.271 e. The number of rotatable bonds is 7. The van der Waals surface area contributed by atoms with E-state index < -0.39 is 21.8 Å². The van der Waals surface area contributed by atoms with Crippen molar-refractivity contribution in [2.45, 2.75) is 30.8 Å². The molecule has 0 unspecified atom stereocenters. The Hall–Kier alpha value is -3.66. The third-order valence-electron chi connectivity index (χ3n) is 5.21. The van der Waals surface area contributed by atoms with Crippen LogP contribution in [0.5, 0.6) is 0 Å². The van der Waals surface area contributed by atoms with Crippen molar-refractivity contribution in [3.63, 3.8) is 0 Å². The third kappa shape index (κ3) is 4.75. The summed E-state index contributed by atoms with van der Waals surface area (Å²) < 4.78 is 38.7. The van der Waals surface area contributed by atoms with Gasteiger partial charge in [-0.2, -0.15) is 5.10 Å². The summed E-state index contributed by atoms with van der Waals surface area (Å²) >= 11 is 0. The lowest BCUT2D eigenvalue weighted by Crippen LogP contribution is -2.29. The normalized spacial score (nSPS) is 12.6. The first-order valence-corrected chi connectivity index (χ1v) is 12.2. The van der Waals surface area contributed by atoms with Gasteiger partial charge in [0.05, 0.1) is 28.8 Å². The summed E-state index contributed by atoms with van der Waals surface area (Å²) in [4.78, 5) is 21.4. The van der Waals surface area contributed by atoms with Gasteiger partial charge in [0.2, 0.25) is 0 Å². The van der Waals surface area contributed by atoms with Crippen LogP contribution in [0.3, 0.4) is 0 Å². The van der Waals surface area contributed by atoms with Gasteiger partial charge in [-0.05, 0) is 54.4 Å². The fourth-order valence-electron chi connectivity index (χ4n) is 3.60. The van der Waals surface area contributed by atoms with Crippen molar-refractivity contribution in [3.05, 3.63) is 78.1 Å². The number of halogens is 1. The highest BCUT2D eigenvalue weighted by atomic mass is 32.2. The van der Waals surface area contributed by atoms with Crippen molar-refractivity contribution in [2.75, 3.05) is 6.26 Å². The first-order chi connectivity index (χ1) is 15.8. The van der Waals surface area contributed by atoms with Crippen molar-refractivity contribution < 1.29 is 17.6 Å². The van der Waals surface area contributed by atoms with Crippen molar-refractivity contribution in [1.82, 2.24) is 25.1 Å². The zero-order valence-electron chi connectivity index (χ0n) is 18.1. The van der Waals surface area contributed by atoms with Crippen molar-refractivity contribution in [3.8, 4) is 5.69 Å². The molecule has 4 aromatic rings. The summed E-state index contributed by atoms with van der Waals surface area (Å²) in [5.41, 5.74) is 2.14. The fraction of sp³-hybridized carbons (Fsp3) is 0.217. The molecule has 1 amide bonds. The molecule has 1 N–H and O–H groups in total. The van der Waals surface area contributed by atoms with Crippen LogP contribution in [-0.4, -0.2) is 40.3 Å². The minimum absolute atomic E-state index is 0.0452. The van der Waals surface area contributed by atoms with E-state index in [4.69, 9.17) is 0 Å². The van der Waals surface area contributed by atoms with E-state index in [2.05, 4.69) is 20.4 Å². The Morgan fingerprint density at radius 2 is 1.85 bits per heavy atom. The van der Waals surface area contributed by atoms with Crippen molar-refractivity contribution in [1.29, 1.82) is 0 Å². The Bertz CT molecular complexity index is 1420. The predicted octanol–water partition coefficient (Wildman–Crippen LogP) is 3.63. The van der Waals surface area contributed by atoms with Crippen LogP contribution in [0.25, 0.3) is 16.6 Å². The number of benzene rings is 1. The van der Waals surface area contributed by atoms with Crippen molar-refractivity contribution in [2.24, 2.45) is 0 Å². The first-order valence-electron chi connectivity index (χ1n) is 10.3. The molecule has 0 aliphatic heterocycles. The number of nitrogens with one attached hydrogen (secondary N) is 1. The number of nitrogens with zero attached hydrogens (tertiary/aromatic N) is 4. The molecule has 3 aromatic heterocycles. The molecule has 10 heteroatoms. The maximum absolute atomic E-state index is 13.3. The second kappa shape index (κ2) is 9.07. The van der Waals surface area contributed by atoms with Gasteiger partial charge in [-0.15, -0.1) is 0 Å². The lowest BCUT2D eigenvalue weighted by Gasteiger charge is -2.19. The number of fused-ring (bicyclic) bond motifs is 1. The number of amides is 1. The summed E-state index contributed by atoms with van der Waals surface area (Å²) in [6.07, 6.45) is 6.94. The summed E-state index contributed by atoms with van der Waals surface area (Å²) in [6.45, 7) is 1.98. The Morgan fingerprint density at radius 1 is 1.12 bits per heavy atom. The van der Waals surface area contributed by atoms with Crippen LogP contribution < -0.4 is 5.32 Å². The molecule has 8 nitrogen and oxygen atoms in total. The monoisotopic (exact) mass is 467 g/mol. The van der Waals surface area contributed by atoms with Gasteiger partial charge in [-0.3, -0.25) is 9.78 Å². The van der Waals surface area contributed by atoms with E-state index in [0.29, 0.717) is 28.6 Å². The van der Waals surface area contributed by atoms with Gasteiger partial charge in [0.1, 0.15) is 11.5 Å². The second-order valence-corrected chi connectivity index (χ2v) is 9.60. The minimum atomic E-state index is -3.48. The molecule has 1 aromatic carbocycles. The van der Waals surface area contributed by atoms with Gasteiger partial charge < -0.3 is 5.32 Å². The average Bonchev–Trinajstić information content (AvgIpc) is 3.23. The van der Waals surface area contributed by atoms with Crippen molar-refractivity contribution >= 4 is 26.6 Å². The Labute approximate surface area is 190 Å². The summed E-state index contributed by atoms with van der Waals surface area (Å²) in [5.74, 6) is -0.760. The van der Waals surface area contributed by atoms with Gasteiger partial charge in [0.15, 0.2) is 14.9 Å². The van der Waals surface area contributed by atoms with Crippen LogP contribution >= 0.6 is 0 Å². The van der Waals surface area contributed by atoms with Crippen LogP contribution in [-0.2, 0) is 9.84 Å². The summed E-state index contributed by atoms with van der Waals surface area (Å²) in [5, 5.41) is 7.81. The first kappa shape index (κ1) is 22.5. The van der Waals surface area contributed by atoms with Gasteiger partial charge in [0.25, 0.3) is 5.91 Å². The molecule has 1 atom stereocenters. The van der Waals surface area contributed by atoms with Crippen LogP contribution in [0.1, 0.15) is 41.9 Å². The van der Waals surface area contributed by atoms with Gasteiger partial charge in [0, 0.05) is 18.6 Å². The number of carbonyl (C=O) groups excluding carboxylic acids is 1. The topological polar surface area (TPSA) is 107 Å². The van der Waals surface area contributed by atoms with E-state index in [-0.39, 0.29) is 16.5 Å². The molecule has 0 spiro atoms. The molecule has 0 fully saturated rings. The second-order valence-electron chi connectivity index (χ2n) is 7.64. The minimum Gasteiger partial charge on any atom is -0.344 e. The highest BCUT2D eigenvalue weighted by Crippen LogP contribution is 2.24. The Kier molecular flexibility index (Phi) is 6.19. The predicted molar refractivity (Wildman–Crippen MR) is 121 cm³/mol. The summed E-state index contributed by atoms with van der Waals surface area (Å²) in [7, 11) is -3.48. The molecule has 0 aliphatic rings. The number of hydrogen-bond acceptors (Lipinski definition) is 6.